The lowest BCUT2D eigenvalue weighted by Gasteiger charge is -2.36. The van der Waals surface area contributed by atoms with Gasteiger partial charge in [-0.3, -0.25) is 9.59 Å². The molecule has 1 atom stereocenters. The fourth-order valence-electron chi connectivity index (χ4n) is 4.23. The molecular formula is C23H30N2O4. The van der Waals surface area contributed by atoms with Crippen LogP contribution in [-0.4, -0.2) is 53.8 Å². The molecule has 0 aliphatic carbocycles. The summed E-state index contributed by atoms with van der Waals surface area (Å²) in [6.07, 6.45) is 3.29. The Morgan fingerprint density at radius 2 is 1.86 bits per heavy atom. The number of carbonyl (C=O) groups excluding carboxylic acids is 3. The smallest absolute Gasteiger partial charge is 0.336 e. The molecule has 3 rings (SSSR count). The lowest BCUT2D eigenvalue weighted by Crippen LogP contribution is -2.46. The number of ether oxygens (including phenoxy) is 1. The van der Waals surface area contributed by atoms with Gasteiger partial charge in [0.15, 0.2) is 0 Å². The van der Waals surface area contributed by atoms with Crippen molar-refractivity contribution in [2.75, 3.05) is 26.2 Å². The van der Waals surface area contributed by atoms with Crippen molar-refractivity contribution < 1.29 is 19.1 Å². The first kappa shape index (κ1) is 21.1. The summed E-state index contributed by atoms with van der Waals surface area (Å²) < 4.78 is 5.31. The number of carbonyl (C=O) groups is 3. The summed E-state index contributed by atoms with van der Waals surface area (Å²) in [5.41, 5.74) is 2.99. The topological polar surface area (TPSA) is 66.9 Å². The zero-order chi connectivity index (χ0) is 21.0. The first-order chi connectivity index (χ1) is 13.9. The standard InChI is InChI=1S/C23H30N2O4/c1-4-29-23(28)22-17(3)25(15-21(27)24-11-6-5-7-12-24)20(26)14-19(22)18-10-8-9-16(2)13-18/h8-10,13,19H,4-7,11-12,14-15H2,1-3H3/t19-/m1/s1. The van der Waals surface area contributed by atoms with Gasteiger partial charge in [0.05, 0.1) is 12.2 Å². The van der Waals surface area contributed by atoms with Crippen molar-refractivity contribution in [1.29, 1.82) is 0 Å². The van der Waals surface area contributed by atoms with Crippen LogP contribution in [0, 0.1) is 6.92 Å². The molecule has 0 unspecified atom stereocenters. The Bertz CT molecular complexity index is 824. The quantitative estimate of drug-likeness (QED) is 0.715. The molecule has 0 aromatic heterocycles. The summed E-state index contributed by atoms with van der Waals surface area (Å²) >= 11 is 0. The molecule has 1 saturated heterocycles. The lowest BCUT2D eigenvalue weighted by atomic mass is 9.83. The molecule has 6 nitrogen and oxygen atoms in total. The van der Waals surface area contributed by atoms with Crippen LogP contribution in [0.2, 0.25) is 0 Å². The molecule has 0 N–H and O–H groups in total. The monoisotopic (exact) mass is 398 g/mol. The molecule has 1 fully saturated rings. The van der Waals surface area contributed by atoms with Crippen LogP contribution >= 0.6 is 0 Å². The third-order valence-electron chi connectivity index (χ3n) is 5.76. The lowest BCUT2D eigenvalue weighted by molar-refractivity contribution is -0.142. The minimum Gasteiger partial charge on any atom is -0.463 e. The van der Waals surface area contributed by atoms with Crippen LogP contribution in [-0.2, 0) is 19.1 Å². The van der Waals surface area contributed by atoms with Crippen LogP contribution in [0.5, 0.6) is 0 Å². The van der Waals surface area contributed by atoms with Gasteiger partial charge < -0.3 is 14.5 Å². The normalized spacial score (nSPS) is 20.1. The Hall–Kier alpha value is -2.63. The Morgan fingerprint density at radius 3 is 2.52 bits per heavy atom. The predicted molar refractivity (Wildman–Crippen MR) is 110 cm³/mol. The van der Waals surface area contributed by atoms with Crippen molar-refractivity contribution in [2.24, 2.45) is 0 Å². The van der Waals surface area contributed by atoms with Crippen LogP contribution in [0.4, 0.5) is 0 Å². The number of likely N-dealkylation sites (tertiary alicyclic amines) is 1. The van der Waals surface area contributed by atoms with Crippen molar-refractivity contribution in [1.82, 2.24) is 9.80 Å². The van der Waals surface area contributed by atoms with Gasteiger partial charge in [0.2, 0.25) is 11.8 Å². The molecule has 156 valence electrons. The van der Waals surface area contributed by atoms with Gasteiger partial charge in [-0.15, -0.1) is 0 Å². The summed E-state index contributed by atoms with van der Waals surface area (Å²) in [5, 5.41) is 0. The maximum absolute atomic E-state index is 13.0. The average molecular weight is 399 g/mol. The van der Waals surface area contributed by atoms with E-state index in [4.69, 9.17) is 4.74 Å². The molecule has 0 bridgehead atoms. The molecule has 2 amide bonds. The maximum Gasteiger partial charge on any atom is 0.336 e. The molecule has 6 heteroatoms. The average Bonchev–Trinajstić information content (AvgIpc) is 2.71. The van der Waals surface area contributed by atoms with E-state index < -0.39 is 5.97 Å². The fourth-order valence-corrected chi connectivity index (χ4v) is 4.23. The minimum atomic E-state index is -0.417. The van der Waals surface area contributed by atoms with E-state index in [-0.39, 0.29) is 37.3 Å². The van der Waals surface area contributed by atoms with E-state index >= 15 is 0 Å². The first-order valence-corrected chi connectivity index (χ1v) is 10.4. The second-order valence-electron chi connectivity index (χ2n) is 7.81. The number of aryl methyl sites for hydroxylation is 1. The Balaban J connectivity index is 1.93. The third-order valence-corrected chi connectivity index (χ3v) is 5.76. The Labute approximate surface area is 172 Å². The highest BCUT2D eigenvalue weighted by Gasteiger charge is 2.38. The van der Waals surface area contributed by atoms with E-state index in [0.717, 1.165) is 43.5 Å². The predicted octanol–water partition coefficient (Wildman–Crippen LogP) is 3.16. The van der Waals surface area contributed by atoms with Crippen molar-refractivity contribution in [3.63, 3.8) is 0 Å². The van der Waals surface area contributed by atoms with Gasteiger partial charge in [-0.25, -0.2) is 4.79 Å². The van der Waals surface area contributed by atoms with Gasteiger partial charge in [0.25, 0.3) is 0 Å². The molecule has 0 saturated carbocycles. The zero-order valence-electron chi connectivity index (χ0n) is 17.6. The second-order valence-corrected chi connectivity index (χ2v) is 7.81. The zero-order valence-corrected chi connectivity index (χ0v) is 17.6. The van der Waals surface area contributed by atoms with Crippen LogP contribution < -0.4 is 0 Å². The van der Waals surface area contributed by atoms with E-state index in [1.54, 1.807) is 13.8 Å². The van der Waals surface area contributed by atoms with Crippen molar-refractivity contribution in [2.45, 2.75) is 52.4 Å². The molecule has 0 spiro atoms. The molecule has 0 radical (unpaired) electrons. The van der Waals surface area contributed by atoms with E-state index in [1.807, 2.05) is 36.1 Å². The molecule has 29 heavy (non-hydrogen) atoms. The molecular weight excluding hydrogens is 368 g/mol. The number of amides is 2. The summed E-state index contributed by atoms with van der Waals surface area (Å²) in [7, 11) is 0. The highest BCUT2D eigenvalue weighted by atomic mass is 16.5. The van der Waals surface area contributed by atoms with Crippen molar-refractivity contribution in [3.05, 3.63) is 46.7 Å². The van der Waals surface area contributed by atoms with E-state index in [9.17, 15) is 14.4 Å². The summed E-state index contributed by atoms with van der Waals surface area (Å²) in [6, 6.07) is 7.85. The van der Waals surface area contributed by atoms with Crippen LogP contribution in [0.25, 0.3) is 0 Å². The number of esters is 1. The van der Waals surface area contributed by atoms with Gasteiger partial charge >= 0.3 is 5.97 Å². The molecule has 2 heterocycles. The minimum absolute atomic E-state index is 0.0197. The summed E-state index contributed by atoms with van der Waals surface area (Å²) in [5.74, 6) is -0.968. The number of allylic oxidation sites excluding steroid dienone is 1. The van der Waals surface area contributed by atoms with Gasteiger partial charge in [-0.1, -0.05) is 29.8 Å². The highest BCUT2D eigenvalue weighted by Crippen LogP contribution is 2.37. The van der Waals surface area contributed by atoms with E-state index in [1.165, 1.54) is 4.90 Å². The van der Waals surface area contributed by atoms with Crippen LogP contribution in [0.15, 0.2) is 35.5 Å². The largest absolute Gasteiger partial charge is 0.463 e. The fraction of sp³-hybridized carbons (Fsp3) is 0.522. The number of benzene rings is 1. The summed E-state index contributed by atoms with van der Waals surface area (Å²) in [6.45, 7) is 7.21. The number of piperidine rings is 1. The van der Waals surface area contributed by atoms with Gasteiger partial charge in [-0.05, 0) is 45.6 Å². The molecule has 1 aromatic carbocycles. The second kappa shape index (κ2) is 9.25. The SMILES string of the molecule is CCOC(=O)C1=C(C)N(CC(=O)N2CCCCC2)C(=O)C[C@@H]1c1cccc(C)c1. The molecule has 2 aliphatic heterocycles. The Kier molecular flexibility index (Phi) is 6.72. The van der Waals surface area contributed by atoms with E-state index in [2.05, 4.69) is 0 Å². The van der Waals surface area contributed by atoms with Crippen molar-refractivity contribution >= 4 is 17.8 Å². The number of hydrogen-bond donors (Lipinski definition) is 0. The van der Waals surface area contributed by atoms with Crippen LogP contribution in [0.3, 0.4) is 0 Å². The van der Waals surface area contributed by atoms with E-state index in [0.29, 0.717) is 11.3 Å². The number of rotatable bonds is 5. The van der Waals surface area contributed by atoms with Gasteiger partial charge in [-0.2, -0.15) is 0 Å². The van der Waals surface area contributed by atoms with Gasteiger partial charge in [0, 0.05) is 31.1 Å². The Morgan fingerprint density at radius 1 is 1.14 bits per heavy atom. The number of nitrogens with zero attached hydrogens (tertiary/aromatic N) is 2. The van der Waals surface area contributed by atoms with Crippen molar-refractivity contribution in [3.8, 4) is 0 Å². The maximum atomic E-state index is 13.0. The van der Waals surface area contributed by atoms with Crippen LogP contribution in [0.1, 0.15) is 56.6 Å². The van der Waals surface area contributed by atoms with Gasteiger partial charge in [0.1, 0.15) is 6.54 Å². The number of hydrogen-bond acceptors (Lipinski definition) is 4. The highest BCUT2D eigenvalue weighted by molar-refractivity contribution is 5.97. The third kappa shape index (κ3) is 4.69. The molecule has 1 aromatic rings. The molecule has 2 aliphatic rings. The summed E-state index contributed by atoms with van der Waals surface area (Å²) in [4.78, 5) is 41.8. The first-order valence-electron chi connectivity index (χ1n) is 10.4.